The van der Waals surface area contributed by atoms with Gasteiger partial charge in [0.1, 0.15) is 0 Å². The van der Waals surface area contributed by atoms with E-state index < -0.39 is 0 Å². The zero-order chi connectivity index (χ0) is 14.8. The number of nitrogens with zero attached hydrogens (tertiary/aromatic N) is 1. The van der Waals surface area contributed by atoms with Gasteiger partial charge in [0, 0.05) is 0 Å². The summed E-state index contributed by atoms with van der Waals surface area (Å²) >= 11 is 6.28. The summed E-state index contributed by atoms with van der Waals surface area (Å²) in [5.74, 6) is 0.376. The van der Waals surface area contributed by atoms with Crippen LogP contribution in [0.1, 0.15) is 17.0 Å². The third kappa shape index (κ3) is 2.88. The van der Waals surface area contributed by atoms with E-state index in [0.29, 0.717) is 21.8 Å². The quantitative estimate of drug-likeness (QED) is 0.778. The minimum atomic E-state index is -0.189. The Morgan fingerprint density at radius 2 is 1.86 bits per heavy atom. The highest BCUT2D eigenvalue weighted by molar-refractivity contribution is 6.50. The monoisotopic (exact) mass is 296 g/mol. The van der Waals surface area contributed by atoms with Gasteiger partial charge < -0.3 is 4.98 Å². The van der Waals surface area contributed by atoms with Gasteiger partial charge in [-0.2, -0.15) is 0 Å². The van der Waals surface area contributed by atoms with E-state index >= 15 is 0 Å². The summed E-state index contributed by atoms with van der Waals surface area (Å²) in [7, 11) is 0. The number of rotatable bonds is 2. The van der Waals surface area contributed by atoms with E-state index in [1.165, 1.54) is 5.56 Å². The van der Waals surface area contributed by atoms with Gasteiger partial charge >= 0.3 is 0 Å². The molecule has 1 heterocycles. The van der Waals surface area contributed by atoms with Crippen molar-refractivity contribution in [3.63, 3.8) is 0 Å². The maximum atomic E-state index is 12.0. The summed E-state index contributed by atoms with van der Waals surface area (Å²) in [6, 6.07) is 15.1. The van der Waals surface area contributed by atoms with Gasteiger partial charge in [0.05, 0.1) is 15.9 Å². The molecular formula is C17H13ClN2O. The predicted molar refractivity (Wildman–Crippen MR) is 87.3 cm³/mol. The maximum Gasteiger partial charge on any atom is 0.259 e. The first-order valence-electron chi connectivity index (χ1n) is 6.57. The average molecular weight is 297 g/mol. The van der Waals surface area contributed by atoms with Crippen molar-refractivity contribution in [2.45, 2.75) is 6.92 Å². The Hall–Kier alpha value is -2.39. The Morgan fingerprint density at radius 1 is 1.14 bits per heavy atom. The van der Waals surface area contributed by atoms with Crippen LogP contribution in [0.3, 0.4) is 0 Å². The van der Waals surface area contributed by atoms with Crippen LogP contribution in [0.4, 0.5) is 0 Å². The Balaban J connectivity index is 2.07. The second-order valence-corrected chi connectivity index (χ2v) is 5.24. The number of fused-ring (bicyclic) bond motifs is 1. The second kappa shape index (κ2) is 5.54. The molecule has 4 heteroatoms. The van der Waals surface area contributed by atoms with Gasteiger partial charge in [-0.3, -0.25) is 4.79 Å². The molecule has 0 bridgehead atoms. The standard InChI is InChI=1S/C17H13ClN2O/c1-11-6-8-12(9-7-11)10-14(18)16-19-15-5-3-2-4-13(15)17(21)20-16/h2-10H,1H3,(H,19,20,21). The van der Waals surface area contributed by atoms with Crippen LogP contribution in [0.15, 0.2) is 53.3 Å². The lowest BCUT2D eigenvalue weighted by atomic mass is 10.1. The molecule has 0 atom stereocenters. The number of aryl methyl sites for hydroxylation is 1. The summed E-state index contributed by atoms with van der Waals surface area (Å²) in [5, 5.41) is 0.961. The number of aromatic amines is 1. The predicted octanol–water partition coefficient (Wildman–Crippen LogP) is 3.97. The molecule has 0 spiro atoms. The van der Waals surface area contributed by atoms with Crippen molar-refractivity contribution >= 4 is 33.6 Å². The smallest absolute Gasteiger partial charge is 0.259 e. The maximum absolute atomic E-state index is 12.0. The number of nitrogens with one attached hydrogen (secondary N) is 1. The number of halogens is 1. The van der Waals surface area contributed by atoms with Crippen LogP contribution >= 0.6 is 11.6 Å². The Kier molecular flexibility index (Phi) is 3.59. The fraction of sp³-hybridized carbons (Fsp3) is 0.0588. The summed E-state index contributed by atoms with van der Waals surface area (Å²) in [5.41, 5.74) is 2.58. The number of hydrogen-bond acceptors (Lipinski definition) is 2. The van der Waals surface area contributed by atoms with Crippen LogP contribution in [0.25, 0.3) is 22.0 Å². The third-order valence-electron chi connectivity index (χ3n) is 3.21. The molecule has 3 rings (SSSR count). The molecule has 0 fully saturated rings. The molecule has 0 unspecified atom stereocenters. The van der Waals surface area contributed by atoms with Crippen LogP contribution in [0.5, 0.6) is 0 Å². The number of aromatic nitrogens is 2. The van der Waals surface area contributed by atoms with Gasteiger partial charge in [-0.25, -0.2) is 4.98 Å². The number of H-pyrrole nitrogens is 1. The molecule has 0 amide bonds. The molecular weight excluding hydrogens is 284 g/mol. The highest BCUT2D eigenvalue weighted by Crippen LogP contribution is 2.20. The first-order valence-corrected chi connectivity index (χ1v) is 6.94. The van der Waals surface area contributed by atoms with Crippen LogP contribution in [0.2, 0.25) is 0 Å². The SMILES string of the molecule is Cc1ccc(C=C(Cl)c2nc3ccccc3c(=O)[nH]2)cc1. The minimum absolute atomic E-state index is 0.189. The summed E-state index contributed by atoms with van der Waals surface area (Å²) < 4.78 is 0. The van der Waals surface area contributed by atoms with Crippen molar-refractivity contribution in [2.24, 2.45) is 0 Å². The third-order valence-corrected chi connectivity index (χ3v) is 3.50. The van der Waals surface area contributed by atoms with E-state index in [1.54, 1.807) is 18.2 Å². The minimum Gasteiger partial charge on any atom is -0.305 e. The lowest BCUT2D eigenvalue weighted by molar-refractivity contribution is 1.14. The molecule has 3 aromatic rings. The highest BCUT2D eigenvalue weighted by Gasteiger charge is 2.06. The second-order valence-electron chi connectivity index (χ2n) is 4.83. The molecule has 0 aliphatic heterocycles. The summed E-state index contributed by atoms with van der Waals surface area (Å²) in [6.45, 7) is 2.03. The van der Waals surface area contributed by atoms with Gasteiger partial charge in [0.2, 0.25) is 0 Å². The average Bonchev–Trinajstić information content (AvgIpc) is 2.49. The van der Waals surface area contributed by atoms with Crippen LogP contribution in [-0.4, -0.2) is 9.97 Å². The van der Waals surface area contributed by atoms with Gasteiger partial charge in [-0.1, -0.05) is 53.6 Å². The van der Waals surface area contributed by atoms with Gasteiger partial charge in [0.15, 0.2) is 5.82 Å². The van der Waals surface area contributed by atoms with E-state index in [4.69, 9.17) is 11.6 Å². The van der Waals surface area contributed by atoms with Crippen molar-refractivity contribution in [3.05, 3.63) is 75.8 Å². The lowest BCUT2D eigenvalue weighted by Gasteiger charge is -2.02. The van der Waals surface area contributed by atoms with E-state index in [1.807, 2.05) is 43.3 Å². The highest BCUT2D eigenvalue weighted by atomic mass is 35.5. The van der Waals surface area contributed by atoms with Crippen LogP contribution < -0.4 is 5.56 Å². The van der Waals surface area contributed by atoms with E-state index in [2.05, 4.69) is 9.97 Å². The molecule has 1 N–H and O–H groups in total. The van der Waals surface area contributed by atoms with Crippen molar-refractivity contribution in [1.29, 1.82) is 0 Å². The number of hydrogen-bond donors (Lipinski definition) is 1. The molecule has 2 aromatic carbocycles. The first-order chi connectivity index (χ1) is 10.1. The summed E-state index contributed by atoms with van der Waals surface area (Å²) in [4.78, 5) is 19.1. The van der Waals surface area contributed by atoms with E-state index in [9.17, 15) is 4.79 Å². The number of benzene rings is 2. The van der Waals surface area contributed by atoms with Crippen LogP contribution in [0, 0.1) is 6.92 Å². The summed E-state index contributed by atoms with van der Waals surface area (Å²) in [6.07, 6.45) is 1.79. The van der Waals surface area contributed by atoms with Gasteiger partial charge in [-0.05, 0) is 30.7 Å². The normalized spacial score (nSPS) is 11.8. The van der Waals surface area contributed by atoms with Gasteiger partial charge in [0.25, 0.3) is 5.56 Å². The molecule has 0 saturated heterocycles. The lowest BCUT2D eigenvalue weighted by Crippen LogP contribution is -2.10. The van der Waals surface area contributed by atoms with Crippen LogP contribution in [-0.2, 0) is 0 Å². The fourth-order valence-corrected chi connectivity index (χ4v) is 2.29. The number of para-hydroxylation sites is 1. The molecule has 0 radical (unpaired) electrons. The molecule has 3 nitrogen and oxygen atoms in total. The van der Waals surface area contributed by atoms with Crippen molar-refractivity contribution in [3.8, 4) is 0 Å². The first kappa shape index (κ1) is 13.6. The van der Waals surface area contributed by atoms with Crippen molar-refractivity contribution in [1.82, 2.24) is 9.97 Å². The zero-order valence-electron chi connectivity index (χ0n) is 11.4. The van der Waals surface area contributed by atoms with Crippen molar-refractivity contribution < 1.29 is 0 Å². The topological polar surface area (TPSA) is 45.8 Å². The molecule has 1 aromatic heterocycles. The Morgan fingerprint density at radius 3 is 2.62 bits per heavy atom. The van der Waals surface area contributed by atoms with Gasteiger partial charge in [-0.15, -0.1) is 0 Å². The zero-order valence-corrected chi connectivity index (χ0v) is 12.2. The molecule has 0 aliphatic rings. The Labute approximate surface area is 126 Å². The Bertz CT molecular complexity index is 879. The van der Waals surface area contributed by atoms with E-state index in [0.717, 1.165) is 5.56 Å². The molecule has 104 valence electrons. The molecule has 0 saturated carbocycles. The largest absolute Gasteiger partial charge is 0.305 e. The van der Waals surface area contributed by atoms with E-state index in [-0.39, 0.29) is 5.56 Å². The van der Waals surface area contributed by atoms with Crippen molar-refractivity contribution in [2.75, 3.05) is 0 Å². The molecule has 0 aliphatic carbocycles. The molecule has 21 heavy (non-hydrogen) atoms. The fourth-order valence-electron chi connectivity index (χ4n) is 2.08.